The lowest BCUT2D eigenvalue weighted by Crippen LogP contribution is -2.32. The molecule has 2 heterocycles. The molecule has 1 atom stereocenters. The number of nitrogens with one attached hydrogen (secondary N) is 1. The number of hydrogen-bond acceptors (Lipinski definition) is 6. The molecule has 8 heteroatoms. The highest BCUT2D eigenvalue weighted by molar-refractivity contribution is 7.91. The van der Waals surface area contributed by atoms with Crippen molar-refractivity contribution in [2.45, 2.75) is 12.5 Å². The summed E-state index contributed by atoms with van der Waals surface area (Å²) < 4.78 is 28.5. The second-order valence-electron chi connectivity index (χ2n) is 6.29. The topological polar surface area (TPSA) is 88.6 Å². The third-order valence-electron chi connectivity index (χ3n) is 4.48. The Bertz CT molecular complexity index is 914. The molecular formula is C18H21N3O4S. The summed E-state index contributed by atoms with van der Waals surface area (Å²) in [6.45, 7) is 0. The first-order chi connectivity index (χ1) is 12.4. The molecule has 1 unspecified atom stereocenters. The molecule has 1 saturated heterocycles. The molecule has 2 aromatic rings. The SMILES string of the molecule is COc1cccc(NC(=O)c2cncc(N(C)C3CCS(=O)(=O)C3)c2)c1. The van der Waals surface area contributed by atoms with Gasteiger partial charge in [0.25, 0.3) is 5.91 Å². The van der Waals surface area contributed by atoms with Crippen LogP contribution in [-0.2, 0) is 9.84 Å². The lowest BCUT2D eigenvalue weighted by atomic mass is 10.2. The monoisotopic (exact) mass is 375 g/mol. The van der Waals surface area contributed by atoms with Crippen LogP contribution in [0.15, 0.2) is 42.7 Å². The Labute approximate surface area is 152 Å². The van der Waals surface area contributed by atoms with Crippen LogP contribution >= 0.6 is 0 Å². The van der Waals surface area contributed by atoms with Crippen molar-refractivity contribution in [1.29, 1.82) is 0 Å². The van der Waals surface area contributed by atoms with Crippen molar-refractivity contribution in [1.82, 2.24) is 4.98 Å². The normalized spacial score (nSPS) is 18.3. The summed E-state index contributed by atoms with van der Waals surface area (Å²) in [5.41, 5.74) is 1.73. The molecule has 0 bridgehead atoms. The first-order valence-corrected chi connectivity index (χ1v) is 10.0. The highest BCUT2D eigenvalue weighted by Crippen LogP contribution is 2.23. The van der Waals surface area contributed by atoms with E-state index >= 15 is 0 Å². The number of aromatic nitrogens is 1. The van der Waals surface area contributed by atoms with Crippen LogP contribution in [0.2, 0.25) is 0 Å². The predicted octanol–water partition coefficient (Wildman–Crippen LogP) is 1.97. The van der Waals surface area contributed by atoms with Gasteiger partial charge in [0.05, 0.1) is 36.1 Å². The molecule has 3 rings (SSSR count). The lowest BCUT2D eigenvalue weighted by Gasteiger charge is -2.25. The van der Waals surface area contributed by atoms with E-state index in [1.807, 2.05) is 11.9 Å². The summed E-state index contributed by atoms with van der Waals surface area (Å²) in [5, 5.41) is 2.81. The Morgan fingerprint density at radius 1 is 1.31 bits per heavy atom. The number of hydrogen-bond donors (Lipinski definition) is 1. The van der Waals surface area contributed by atoms with E-state index < -0.39 is 9.84 Å². The van der Waals surface area contributed by atoms with E-state index in [0.29, 0.717) is 29.1 Å². The van der Waals surface area contributed by atoms with Gasteiger partial charge < -0.3 is 15.0 Å². The van der Waals surface area contributed by atoms with E-state index in [0.717, 1.165) is 0 Å². The van der Waals surface area contributed by atoms with Gasteiger partial charge >= 0.3 is 0 Å². The molecule has 1 aromatic carbocycles. The third kappa shape index (κ3) is 4.13. The standard InChI is InChI=1S/C18H21N3O4S/c1-21(15-6-7-26(23,24)12-15)16-8-13(10-19-11-16)18(22)20-14-4-3-5-17(9-14)25-2/h3-5,8-11,15H,6-7,12H2,1-2H3,(H,20,22). The zero-order valence-corrected chi connectivity index (χ0v) is 15.5. The highest BCUT2D eigenvalue weighted by Gasteiger charge is 2.31. The number of methoxy groups -OCH3 is 1. The number of amides is 1. The van der Waals surface area contributed by atoms with Gasteiger partial charge in [-0.2, -0.15) is 0 Å². The second kappa shape index (κ2) is 7.33. The molecule has 138 valence electrons. The van der Waals surface area contributed by atoms with Crippen LogP contribution in [0.4, 0.5) is 11.4 Å². The summed E-state index contributed by atoms with van der Waals surface area (Å²) in [5.74, 6) is 0.687. The molecule has 0 aliphatic carbocycles. The molecule has 1 aliphatic heterocycles. The van der Waals surface area contributed by atoms with E-state index in [1.54, 1.807) is 43.6 Å². The predicted molar refractivity (Wildman–Crippen MR) is 101 cm³/mol. The van der Waals surface area contributed by atoms with E-state index in [2.05, 4.69) is 10.3 Å². The van der Waals surface area contributed by atoms with E-state index in [-0.39, 0.29) is 23.5 Å². The maximum atomic E-state index is 12.5. The number of sulfone groups is 1. The highest BCUT2D eigenvalue weighted by atomic mass is 32.2. The van der Waals surface area contributed by atoms with Gasteiger partial charge in [-0.1, -0.05) is 6.07 Å². The number of benzene rings is 1. The summed E-state index contributed by atoms with van der Waals surface area (Å²) in [6.07, 6.45) is 3.70. The van der Waals surface area contributed by atoms with Crippen molar-refractivity contribution in [2.75, 3.05) is 35.9 Å². The minimum atomic E-state index is -2.98. The quantitative estimate of drug-likeness (QED) is 0.859. The minimum absolute atomic E-state index is 0.0986. The van der Waals surface area contributed by atoms with Gasteiger partial charge in [-0.3, -0.25) is 9.78 Å². The average Bonchev–Trinajstić information content (AvgIpc) is 3.01. The summed E-state index contributed by atoms with van der Waals surface area (Å²) in [4.78, 5) is 18.5. The Kier molecular flexibility index (Phi) is 5.13. The van der Waals surface area contributed by atoms with E-state index in [9.17, 15) is 13.2 Å². The number of rotatable bonds is 5. The Balaban J connectivity index is 1.75. The molecule has 1 amide bonds. The molecular weight excluding hydrogens is 354 g/mol. The molecule has 1 N–H and O–H groups in total. The van der Waals surface area contributed by atoms with Gasteiger partial charge in [0, 0.05) is 31.0 Å². The van der Waals surface area contributed by atoms with Gasteiger partial charge in [-0.05, 0) is 24.6 Å². The minimum Gasteiger partial charge on any atom is -0.497 e. The fourth-order valence-corrected chi connectivity index (χ4v) is 4.71. The first kappa shape index (κ1) is 18.2. The fraction of sp³-hybridized carbons (Fsp3) is 0.333. The van der Waals surface area contributed by atoms with Crippen molar-refractivity contribution in [2.24, 2.45) is 0 Å². The molecule has 0 spiro atoms. The Hall–Kier alpha value is -2.61. The molecule has 1 aliphatic rings. The average molecular weight is 375 g/mol. The maximum absolute atomic E-state index is 12.5. The number of ether oxygens (including phenoxy) is 1. The number of carbonyl (C=O) groups is 1. The number of nitrogens with zero attached hydrogens (tertiary/aromatic N) is 2. The smallest absolute Gasteiger partial charge is 0.257 e. The zero-order valence-electron chi connectivity index (χ0n) is 14.7. The molecule has 1 aromatic heterocycles. The van der Waals surface area contributed by atoms with Crippen LogP contribution in [0.3, 0.4) is 0 Å². The van der Waals surface area contributed by atoms with Gasteiger partial charge in [0.1, 0.15) is 5.75 Å². The molecule has 7 nitrogen and oxygen atoms in total. The number of carbonyl (C=O) groups excluding carboxylic acids is 1. The molecule has 1 fully saturated rings. The summed E-state index contributed by atoms with van der Waals surface area (Å²) in [7, 11) is 0.413. The van der Waals surface area contributed by atoms with Gasteiger partial charge in [0.15, 0.2) is 9.84 Å². The van der Waals surface area contributed by atoms with Crippen LogP contribution in [0.1, 0.15) is 16.8 Å². The summed E-state index contributed by atoms with van der Waals surface area (Å²) in [6, 6.07) is 8.70. The van der Waals surface area contributed by atoms with Gasteiger partial charge in [-0.15, -0.1) is 0 Å². The second-order valence-corrected chi connectivity index (χ2v) is 8.51. The van der Waals surface area contributed by atoms with Crippen LogP contribution in [0, 0.1) is 0 Å². The number of pyridine rings is 1. The fourth-order valence-electron chi connectivity index (χ4n) is 2.94. The van der Waals surface area contributed by atoms with Crippen molar-refractivity contribution in [3.63, 3.8) is 0 Å². The maximum Gasteiger partial charge on any atom is 0.257 e. The largest absolute Gasteiger partial charge is 0.497 e. The van der Waals surface area contributed by atoms with Crippen molar-refractivity contribution >= 4 is 27.1 Å². The van der Waals surface area contributed by atoms with Crippen molar-refractivity contribution < 1.29 is 17.9 Å². The van der Waals surface area contributed by atoms with Crippen molar-refractivity contribution in [3.8, 4) is 5.75 Å². The third-order valence-corrected chi connectivity index (χ3v) is 6.23. The molecule has 26 heavy (non-hydrogen) atoms. The Morgan fingerprint density at radius 3 is 2.81 bits per heavy atom. The zero-order chi connectivity index (χ0) is 18.7. The van der Waals surface area contributed by atoms with Crippen molar-refractivity contribution in [3.05, 3.63) is 48.3 Å². The van der Waals surface area contributed by atoms with Gasteiger partial charge in [0.2, 0.25) is 0 Å². The van der Waals surface area contributed by atoms with Gasteiger partial charge in [-0.25, -0.2) is 8.42 Å². The van der Waals surface area contributed by atoms with Crippen LogP contribution in [-0.4, -0.2) is 51.0 Å². The van der Waals surface area contributed by atoms with E-state index in [4.69, 9.17) is 4.74 Å². The number of anilines is 2. The van der Waals surface area contributed by atoms with Crippen LogP contribution in [0.5, 0.6) is 5.75 Å². The lowest BCUT2D eigenvalue weighted by molar-refractivity contribution is 0.102. The molecule has 0 radical (unpaired) electrons. The Morgan fingerprint density at radius 2 is 2.12 bits per heavy atom. The van der Waals surface area contributed by atoms with E-state index in [1.165, 1.54) is 6.20 Å². The van der Waals surface area contributed by atoms with Crippen LogP contribution in [0.25, 0.3) is 0 Å². The molecule has 0 saturated carbocycles. The summed E-state index contributed by atoms with van der Waals surface area (Å²) >= 11 is 0. The first-order valence-electron chi connectivity index (χ1n) is 8.22. The van der Waals surface area contributed by atoms with Crippen LogP contribution < -0.4 is 15.0 Å².